The molecule has 1 aromatic carbocycles. The van der Waals surface area contributed by atoms with Gasteiger partial charge in [0.05, 0.1) is 11.6 Å². The fourth-order valence-corrected chi connectivity index (χ4v) is 3.50. The summed E-state index contributed by atoms with van der Waals surface area (Å²) in [5, 5.41) is 9.28. The Morgan fingerprint density at radius 3 is 2.65 bits per heavy atom. The number of hydrogen-bond donors (Lipinski definition) is 0. The van der Waals surface area contributed by atoms with Crippen LogP contribution in [0, 0.1) is 18.3 Å². The lowest BCUT2D eigenvalue weighted by Gasteiger charge is -2.36. The average Bonchev–Trinajstić information content (AvgIpc) is 2.49. The van der Waals surface area contributed by atoms with E-state index in [0.717, 1.165) is 22.9 Å². The van der Waals surface area contributed by atoms with Crippen LogP contribution in [0.4, 0.5) is 0 Å². The Kier molecular flexibility index (Phi) is 4.77. The molecule has 1 saturated heterocycles. The number of thioether (sulfide) groups is 1. The summed E-state index contributed by atoms with van der Waals surface area (Å²) in [5.74, 6) is 0.0493. The molecule has 1 amide bonds. The van der Waals surface area contributed by atoms with E-state index in [2.05, 4.69) is 22.0 Å². The maximum atomic E-state index is 12.6. The van der Waals surface area contributed by atoms with Crippen molar-refractivity contribution in [3.8, 4) is 6.07 Å². The Labute approximate surface area is 132 Å². The van der Waals surface area contributed by atoms with Gasteiger partial charge in [-0.2, -0.15) is 5.26 Å². The van der Waals surface area contributed by atoms with Crippen LogP contribution in [-0.2, 0) is 0 Å². The van der Waals surface area contributed by atoms with E-state index in [4.69, 9.17) is 0 Å². The van der Waals surface area contributed by atoms with Crippen molar-refractivity contribution in [3.63, 3.8) is 0 Å². The molecule has 1 aliphatic rings. The second kappa shape index (κ2) is 6.19. The summed E-state index contributed by atoms with van der Waals surface area (Å²) in [4.78, 5) is 14.4. The van der Waals surface area contributed by atoms with E-state index < -0.39 is 0 Å². The van der Waals surface area contributed by atoms with Gasteiger partial charge >= 0.3 is 0 Å². The van der Waals surface area contributed by atoms with E-state index in [-0.39, 0.29) is 10.7 Å². The molecule has 0 radical (unpaired) electrons. The van der Waals surface area contributed by atoms with E-state index in [1.807, 2.05) is 36.3 Å². The molecule has 0 atom stereocenters. The van der Waals surface area contributed by atoms with Crippen LogP contribution in [0.2, 0.25) is 0 Å². The predicted molar refractivity (Wildman–Crippen MR) is 85.9 cm³/mol. The number of rotatable bonds is 2. The van der Waals surface area contributed by atoms with Gasteiger partial charge in [0.15, 0.2) is 0 Å². The summed E-state index contributed by atoms with van der Waals surface area (Å²) < 4.78 is 0.510. The highest BCUT2D eigenvalue weighted by Gasteiger charge is 2.35. The van der Waals surface area contributed by atoms with Crippen molar-refractivity contribution < 1.29 is 4.79 Å². The molecule has 1 aliphatic heterocycles. The second-order valence-electron chi connectivity index (χ2n) is 5.09. The molecule has 0 saturated carbocycles. The topological polar surface area (TPSA) is 44.1 Å². The highest BCUT2D eigenvalue weighted by atomic mass is 79.9. The van der Waals surface area contributed by atoms with Gasteiger partial charge in [0.25, 0.3) is 5.91 Å². The van der Waals surface area contributed by atoms with Crippen molar-refractivity contribution in [1.82, 2.24) is 4.90 Å². The summed E-state index contributed by atoms with van der Waals surface area (Å²) in [6.45, 7) is 3.27. The molecule has 1 heterocycles. The van der Waals surface area contributed by atoms with Crippen molar-refractivity contribution in [1.29, 1.82) is 5.26 Å². The average molecular weight is 353 g/mol. The maximum absolute atomic E-state index is 12.6. The Balaban J connectivity index is 2.13. The Hall–Kier alpha value is -0.990. The van der Waals surface area contributed by atoms with Crippen molar-refractivity contribution in [2.45, 2.75) is 24.5 Å². The third-order valence-corrected chi connectivity index (χ3v) is 5.78. The number of aryl methyl sites for hydroxylation is 1. The first-order valence-electron chi connectivity index (χ1n) is 6.53. The van der Waals surface area contributed by atoms with Crippen LogP contribution in [0.1, 0.15) is 28.8 Å². The van der Waals surface area contributed by atoms with Crippen LogP contribution in [0.25, 0.3) is 0 Å². The van der Waals surface area contributed by atoms with Crippen molar-refractivity contribution in [2.24, 2.45) is 0 Å². The van der Waals surface area contributed by atoms with Gasteiger partial charge in [-0.1, -0.05) is 11.6 Å². The first kappa shape index (κ1) is 15.4. The molecule has 0 bridgehead atoms. The van der Waals surface area contributed by atoms with E-state index in [9.17, 15) is 10.1 Å². The van der Waals surface area contributed by atoms with Crippen molar-refractivity contribution in [2.75, 3.05) is 19.3 Å². The van der Waals surface area contributed by atoms with Gasteiger partial charge in [-0.05, 0) is 54.1 Å². The van der Waals surface area contributed by atoms with Crippen LogP contribution < -0.4 is 0 Å². The van der Waals surface area contributed by atoms with Crippen molar-refractivity contribution in [3.05, 3.63) is 33.8 Å². The normalized spacial score (nSPS) is 17.6. The van der Waals surface area contributed by atoms with E-state index in [1.165, 1.54) is 0 Å². The molecule has 0 unspecified atom stereocenters. The van der Waals surface area contributed by atoms with Gasteiger partial charge in [-0.15, -0.1) is 11.8 Å². The molecule has 2 rings (SSSR count). The molecule has 0 aromatic heterocycles. The molecule has 20 heavy (non-hydrogen) atoms. The SMILES string of the molecule is CSC1(C#N)CCN(C(=O)c2cc(C)ccc2Br)CC1. The fraction of sp³-hybridized carbons (Fsp3) is 0.467. The smallest absolute Gasteiger partial charge is 0.255 e. The highest BCUT2D eigenvalue weighted by Crippen LogP contribution is 2.34. The maximum Gasteiger partial charge on any atom is 0.255 e. The number of likely N-dealkylation sites (tertiary alicyclic amines) is 1. The number of carbonyl (C=O) groups is 1. The van der Waals surface area contributed by atoms with Gasteiger partial charge in [0.1, 0.15) is 4.75 Å². The monoisotopic (exact) mass is 352 g/mol. The summed E-state index contributed by atoms with van der Waals surface area (Å²) in [6.07, 6.45) is 3.44. The van der Waals surface area contributed by atoms with Gasteiger partial charge in [0.2, 0.25) is 0 Å². The molecule has 1 aromatic rings. The first-order valence-corrected chi connectivity index (χ1v) is 8.55. The minimum absolute atomic E-state index is 0.0493. The number of carbonyl (C=O) groups excluding carboxylic acids is 1. The minimum Gasteiger partial charge on any atom is -0.338 e. The van der Waals surface area contributed by atoms with E-state index >= 15 is 0 Å². The zero-order valence-corrected chi connectivity index (χ0v) is 14.1. The Morgan fingerprint density at radius 2 is 2.10 bits per heavy atom. The predicted octanol–water partition coefficient (Wildman–Crippen LogP) is 3.62. The van der Waals surface area contributed by atoms with Gasteiger partial charge in [-0.25, -0.2) is 0 Å². The Morgan fingerprint density at radius 1 is 1.45 bits per heavy atom. The largest absolute Gasteiger partial charge is 0.338 e. The molecule has 5 heteroatoms. The summed E-state index contributed by atoms with van der Waals surface area (Å²) in [5.41, 5.74) is 1.78. The lowest BCUT2D eigenvalue weighted by molar-refractivity contribution is 0.0715. The molecule has 3 nitrogen and oxygen atoms in total. The molecular formula is C15H17BrN2OS. The van der Waals surface area contributed by atoms with Crippen LogP contribution >= 0.6 is 27.7 Å². The Bertz CT molecular complexity index is 559. The molecular weight excluding hydrogens is 336 g/mol. The summed E-state index contributed by atoms with van der Waals surface area (Å²) >= 11 is 5.04. The van der Waals surface area contributed by atoms with Gasteiger partial charge < -0.3 is 4.90 Å². The lowest BCUT2D eigenvalue weighted by atomic mass is 9.96. The summed E-state index contributed by atoms with van der Waals surface area (Å²) in [6, 6.07) is 8.20. The minimum atomic E-state index is -0.319. The van der Waals surface area contributed by atoms with Gasteiger partial charge in [-0.3, -0.25) is 4.79 Å². The number of piperidine rings is 1. The van der Waals surface area contributed by atoms with Crippen LogP contribution in [0.3, 0.4) is 0 Å². The standard InChI is InChI=1S/C15H17BrN2OS/c1-11-3-4-13(16)12(9-11)14(19)18-7-5-15(10-17,20-2)6-8-18/h3-4,9H,5-8H2,1-2H3. The van der Waals surface area contributed by atoms with E-state index in [1.54, 1.807) is 11.8 Å². The second-order valence-corrected chi connectivity index (χ2v) is 7.13. The zero-order chi connectivity index (χ0) is 14.8. The first-order chi connectivity index (χ1) is 9.51. The van der Waals surface area contributed by atoms with Gasteiger partial charge in [0, 0.05) is 17.6 Å². The third kappa shape index (κ3) is 3.02. The molecule has 0 spiro atoms. The molecule has 1 fully saturated rings. The fourth-order valence-electron chi connectivity index (χ4n) is 2.41. The van der Waals surface area contributed by atoms with Crippen LogP contribution in [0.5, 0.6) is 0 Å². The quantitative estimate of drug-likeness (QED) is 0.816. The molecule has 0 N–H and O–H groups in total. The number of halogens is 1. The van der Waals surface area contributed by atoms with Crippen molar-refractivity contribution >= 4 is 33.6 Å². The number of benzene rings is 1. The zero-order valence-electron chi connectivity index (χ0n) is 11.6. The molecule has 106 valence electrons. The lowest BCUT2D eigenvalue weighted by Crippen LogP contribution is -2.44. The highest BCUT2D eigenvalue weighted by molar-refractivity contribution is 9.10. The summed E-state index contributed by atoms with van der Waals surface area (Å²) in [7, 11) is 0. The number of nitrogens with zero attached hydrogens (tertiary/aromatic N) is 2. The van der Waals surface area contributed by atoms with E-state index in [0.29, 0.717) is 18.7 Å². The third-order valence-electron chi connectivity index (χ3n) is 3.81. The van der Waals surface area contributed by atoms with Crippen LogP contribution in [0.15, 0.2) is 22.7 Å². The van der Waals surface area contributed by atoms with Crippen LogP contribution in [-0.4, -0.2) is 34.9 Å². The number of amides is 1. The number of nitriles is 1. The molecule has 0 aliphatic carbocycles. The number of hydrogen-bond acceptors (Lipinski definition) is 3.